The first-order valence-corrected chi connectivity index (χ1v) is 11.6. The van der Waals surface area contributed by atoms with Gasteiger partial charge in [-0.1, -0.05) is 35.9 Å². The normalized spacial score (nSPS) is 16.4. The predicted molar refractivity (Wildman–Crippen MR) is 113 cm³/mol. The molecule has 1 aliphatic carbocycles. The van der Waals surface area contributed by atoms with E-state index in [4.69, 9.17) is 11.6 Å². The monoisotopic (exact) mass is 434 g/mol. The minimum atomic E-state index is -3.24. The van der Waals surface area contributed by atoms with Gasteiger partial charge in [0.15, 0.2) is 9.84 Å². The number of amides is 1. The molecule has 2 aromatic rings. The molecule has 0 aliphatic heterocycles. The molecular weight excluding hydrogens is 412 g/mol. The first-order valence-electron chi connectivity index (χ1n) is 9.25. The van der Waals surface area contributed by atoms with E-state index in [1.165, 1.54) is 18.5 Å². The lowest BCUT2D eigenvalue weighted by molar-refractivity contribution is 0.0941. The lowest BCUT2D eigenvalue weighted by atomic mass is 10.0. The summed E-state index contributed by atoms with van der Waals surface area (Å²) in [5, 5.41) is 7.80. The fourth-order valence-corrected chi connectivity index (χ4v) is 3.65. The summed E-state index contributed by atoms with van der Waals surface area (Å²) in [7, 11) is -3.24. The van der Waals surface area contributed by atoms with E-state index in [1.807, 2.05) is 24.3 Å². The van der Waals surface area contributed by atoms with Crippen LogP contribution in [0.5, 0.6) is 0 Å². The zero-order chi connectivity index (χ0) is 21.0. The second-order valence-electron chi connectivity index (χ2n) is 7.19. The minimum Gasteiger partial charge on any atom is -0.362 e. The molecule has 2 atom stereocenters. The number of sulfone groups is 1. The van der Waals surface area contributed by atoms with Crippen molar-refractivity contribution in [2.24, 2.45) is 5.92 Å². The number of nitrogens with one attached hydrogen (secondary N) is 2. The van der Waals surface area contributed by atoms with Crippen molar-refractivity contribution in [2.45, 2.75) is 31.8 Å². The number of nitrogens with zero attached hydrogens (tertiary/aromatic N) is 2. The van der Waals surface area contributed by atoms with E-state index in [-0.39, 0.29) is 11.7 Å². The van der Waals surface area contributed by atoms with Crippen LogP contribution in [0, 0.1) is 5.92 Å². The molecule has 9 heteroatoms. The van der Waals surface area contributed by atoms with Crippen LogP contribution in [-0.4, -0.2) is 36.6 Å². The highest BCUT2D eigenvalue weighted by Crippen LogP contribution is 2.44. The third-order valence-corrected chi connectivity index (χ3v) is 5.49. The van der Waals surface area contributed by atoms with Gasteiger partial charge in [-0.15, -0.1) is 0 Å². The van der Waals surface area contributed by atoms with E-state index in [2.05, 4.69) is 20.6 Å². The molecule has 1 heterocycles. The van der Waals surface area contributed by atoms with Gasteiger partial charge in [-0.05, 0) is 37.3 Å². The van der Waals surface area contributed by atoms with Crippen LogP contribution in [0.2, 0.25) is 5.02 Å². The first-order chi connectivity index (χ1) is 13.7. The van der Waals surface area contributed by atoms with E-state index in [1.54, 1.807) is 6.92 Å². The molecule has 1 aromatic heterocycles. The van der Waals surface area contributed by atoms with Crippen molar-refractivity contribution in [2.75, 3.05) is 11.6 Å². The summed E-state index contributed by atoms with van der Waals surface area (Å²) in [5.41, 5.74) is 1.17. The maximum atomic E-state index is 12.3. The lowest BCUT2D eigenvalue weighted by Gasteiger charge is -2.20. The van der Waals surface area contributed by atoms with Crippen LogP contribution in [0.1, 0.15) is 41.9 Å². The second-order valence-corrected chi connectivity index (χ2v) is 9.53. The Labute approximate surface area is 175 Å². The predicted octanol–water partition coefficient (Wildman–Crippen LogP) is 3.37. The molecule has 0 bridgehead atoms. The summed E-state index contributed by atoms with van der Waals surface area (Å²) >= 11 is 6.35. The molecule has 2 N–H and O–H groups in total. The summed E-state index contributed by atoms with van der Waals surface area (Å²) in [4.78, 5) is 20.7. The standard InChI is InChI=1S/C20H23ClN4O3S/c1-13(9-10-29(2,27)28)24-20(26)17-11-23-18(12-22-17)25-19(14-7-8-14)15-5-3-4-6-16(15)21/h3-6,9-14,19H,7-8H2,1-2H3,(H,23,25)(H,24,26)/b10-9+/t13-,19?/m1/s1. The van der Waals surface area contributed by atoms with Crippen molar-refractivity contribution >= 4 is 33.2 Å². The Balaban J connectivity index is 1.66. The van der Waals surface area contributed by atoms with Gasteiger partial charge in [0.25, 0.3) is 5.91 Å². The number of hydrogen-bond donors (Lipinski definition) is 2. The van der Waals surface area contributed by atoms with Crippen LogP contribution < -0.4 is 10.6 Å². The zero-order valence-corrected chi connectivity index (χ0v) is 17.7. The number of rotatable bonds is 8. The van der Waals surface area contributed by atoms with Crippen molar-refractivity contribution < 1.29 is 13.2 Å². The van der Waals surface area contributed by atoms with Gasteiger partial charge < -0.3 is 10.6 Å². The van der Waals surface area contributed by atoms with Crippen molar-refractivity contribution in [1.29, 1.82) is 0 Å². The van der Waals surface area contributed by atoms with E-state index in [0.29, 0.717) is 16.8 Å². The van der Waals surface area contributed by atoms with Crippen LogP contribution in [-0.2, 0) is 9.84 Å². The third-order valence-electron chi connectivity index (χ3n) is 4.49. The smallest absolute Gasteiger partial charge is 0.271 e. The number of carbonyl (C=O) groups is 1. The molecule has 7 nitrogen and oxygen atoms in total. The molecule has 3 rings (SSSR count). The Morgan fingerprint density at radius 2 is 1.97 bits per heavy atom. The Morgan fingerprint density at radius 1 is 1.24 bits per heavy atom. The van der Waals surface area contributed by atoms with Crippen LogP contribution in [0.3, 0.4) is 0 Å². The van der Waals surface area contributed by atoms with Crippen LogP contribution in [0.4, 0.5) is 5.82 Å². The molecule has 1 fully saturated rings. The van der Waals surface area contributed by atoms with Crippen molar-refractivity contribution in [1.82, 2.24) is 15.3 Å². The van der Waals surface area contributed by atoms with Crippen molar-refractivity contribution in [3.05, 3.63) is 64.4 Å². The van der Waals surface area contributed by atoms with Crippen molar-refractivity contribution in [3.63, 3.8) is 0 Å². The fraction of sp³-hybridized carbons (Fsp3) is 0.350. The van der Waals surface area contributed by atoms with Crippen LogP contribution in [0.25, 0.3) is 0 Å². The Morgan fingerprint density at radius 3 is 2.55 bits per heavy atom. The Kier molecular flexibility index (Phi) is 6.54. The van der Waals surface area contributed by atoms with Gasteiger partial charge in [-0.2, -0.15) is 0 Å². The number of aromatic nitrogens is 2. The summed E-state index contributed by atoms with van der Waals surface area (Å²) in [6, 6.07) is 7.30. The molecule has 0 saturated heterocycles. The van der Waals surface area contributed by atoms with Gasteiger partial charge in [-0.25, -0.2) is 18.4 Å². The summed E-state index contributed by atoms with van der Waals surface area (Å²) in [5.74, 6) is 0.616. The first kappa shape index (κ1) is 21.3. The average Bonchev–Trinajstić information content (AvgIpc) is 3.50. The van der Waals surface area contributed by atoms with Gasteiger partial charge in [0, 0.05) is 22.7 Å². The lowest BCUT2D eigenvalue weighted by Crippen LogP contribution is -2.32. The second kappa shape index (κ2) is 8.92. The van der Waals surface area contributed by atoms with Gasteiger partial charge in [0.1, 0.15) is 11.5 Å². The highest BCUT2D eigenvalue weighted by molar-refractivity contribution is 7.93. The topological polar surface area (TPSA) is 101 Å². The van der Waals surface area contributed by atoms with Gasteiger partial charge in [-0.3, -0.25) is 4.79 Å². The zero-order valence-electron chi connectivity index (χ0n) is 16.2. The van der Waals surface area contributed by atoms with Gasteiger partial charge in [0.2, 0.25) is 0 Å². The summed E-state index contributed by atoms with van der Waals surface area (Å²) in [6.45, 7) is 1.67. The van der Waals surface area contributed by atoms with E-state index >= 15 is 0 Å². The number of benzene rings is 1. The Bertz CT molecular complexity index is 1000. The average molecular weight is 435 g/mol. The SMILES string of the molecule is C[C@H](/C=C/S(C)(=O)=O)NC(=O)c1cnc(NC(c2ccccc2Cl)C2CC2)cn1. The maximum Gasteiger partial charge on any atom is 0.271 e. The molecule has 29 heavy (non-hydrogen) atoms. The molecule has 1 aliphatic rings. The van der Waals surface area contributed by atoms with E-state index < -0.39 is 21.8 Å². The number of anilines is 1. The summed E-state index contributed by atoms with van der Waals surface area (Å²) in [6.07, 6.45) is 7.64. The molecule has 0 radical (unpaired) electrons. The molecule has 1 aromatic carbocycles. The highest BCUT2D eigenvalue weighted by Gasteiger charge is 2.33. The van der Waals surface area contributed by atoms with Crippen LogP contribution >= 0.6 is 11.6 Å². The largest absolute Gasteiger partial charge is 0.362 e. The molecule has 1 amide bonds. The van der Waals surface area contributed by atoms with Gasteiger partial charge in [0.05, 0.1) is 18.4 Å². The minimum absolute atomic E-state index is 0.0406. The Hall–Kier alpha value is -2.45. The van der Waals surface area contributed by atoms with E-state index in [0.717, 1.165) is 30.1 Å². The molecular formula is C20H23ClN4O3S. The van der Waals surface area contributed by atoms with Crippen LogP contribution in [0.15, 0.2) is 48.1 Å². The fourth-order valence-electron chi connectivity index (χ4n) is 2.87. The highest BCUT2D eigenvalue weighted by atomic mass is 35.5. The van der Waals surface area contributed by atoms with E-state index in [9.17, 15) is 13.2 Å². The maximum absolute atomic E-state index is 12.3. The molecule has 0 spiro atoms. The quantitative estimate of drug-likeness (QED) is 0.660. The van der Waals surface area contributed by atoms with Crippen molar-refractivity contribution in [3.8, 4) is 0 Å². The third kappa shape index (κ3) is 6.27. The summed E-state index contributed by atoms with van der Waals surface area (Å²) < 4.78 is 22.3. The molecule has 154 valence electrons. The van der Waals surface area contributed by atoms with Gasteiger partial charge >= 0.3 is 0 Å². The number of carbonyl (C=O) groups excluding carboxylic acids is 1. The molecule has 1 unspecified atom stereocenters. The number of halogens is 1. The number of hydrogen-bond acceptors (Lipinski definition) is 6. The molecule has 1 saturated carbocycles.